The first-order chi connectivity index (χ1) is 13.4. The van der Waals surface area contributed by atoms with Crippen molar-refractivity contribution in [3.63, 3.8) is 0 Å². The van der Waals surface area contributed by atoms with Crippen molar-refractivity contribution in [1.29, 1.82) is 0 Å². The molecular formula is C23H33NO4. The summed E-state index contributed by atoms with van der Waals surface area (Å²) >= 11 is 0. The zero-order valence-electron chi connectivity index (χ0n) is 17.2. The number of nitrogens with one attached hydrogen (secondary N) is 1. The third kappa shape index (κ3) is 3.03. The fraction of sp³-hybridized carbons (Fsp3) is 0.696. The average Bonchev–Trinajstić information content (AvgIpc) is 3.19. The fourth-order valence-electron chi connectivity index (χ4n) is 6.30. The summed E-state index contributed by atoms with van der Waals surface area (Å²) in [5.74, 6) is 1.99. The van der Waals surface area contributed by atoms with E-state index in [-0.39, 0.29) is 35.5 Å². The minimum Gasteiger partial charge on any atom is -0.491 e. The van der Waals surface area contributed by atoms with Crippen molar-refractivity contribution in [2.75, 3.05) is 19.8 Å². The van der Waals surface area contributed by atoms with Gasteiger partial charge >= 0.3 is 0 Å². The molecule has 2 bridgehead atoms. The van der Waals surface area contributed by atoms with Crippen LogP contribution in [-0.4, -0.2) is 36.9 Å². The molecule has 0 unspecified atom stereocenters. The first-order valence-electron chi connectivity index (χ1n) is 10.7. The zero-order chi connectivity index (χ0) is 19.9. The maximum atomic E-state index is 12.3. The number of aliphatic hydroxyl groups is 1. The van der Waals surface area contributed by atoms with Crippen LogP contribution in [0.5, 0.6) is 5.75 Å². The SMILES string of the molecule is CCC(=O)N[C@H]1C(C)(C)[C@@H]2C[C@@H]3[C@@H](c4ccc(OCCO)cc4)OCC[C@@]31C2. The van der Waals surface area contributed by atoms with Crippen molar-refractivity contribution >= 4 is 5.91 Å². The normalized spacial score (nSPS) is 35.4. The number of hydrogen-bond donors (Lipinski definition) is 2. The molecule has 1 spiro atoms. The molecule has 3 fully saturated rings. The Hall–Kier alpha value is -1.59. The minimum atomic E-state index is 0.0140. The van der Waals surface area contributed by atoms with Gasteiger partial charge in [0.15, 0.2) is 0 Å². The van der Waals surface area contributed by atoms with Gasteiger partial charge in [0.1, 0.15) is 12.4 Å². The van der Waals surface area contributed by atoms with E-state index in [0.29, 0.717) is 24.9 Å². The lowest BCUT2D eigenvalue weighted by Gasteiger charge is -2.53. The van der Waals surface area contributed by atoms with Gasteiger partial charge in [-0.15, -0.1) is 0 Å². The van der Waals surface area contributed by atoms with E-state index in [1.165, 1.54) is 18.4 Å². The van der Waals surface area contributed by atoms with Gasteiger partial charge in [0.2, 0.25) is 5.91 Å². The summed E-state index contributed by atoms with van der Waals surface area (Å²) in [6.07, 6.45) is 3.99. The summed E-state index contributed by atoms with van der Waals surface area (Å²) < 4.78 is 11.8. The zero-order valence-corrected chi connectivity index (χ0v) is 17.2. The molecule has 1 heterocycles. The lowest BCUT2D eigenvalue weighted by Crippen LogP contribution is -2.58. The van der Waals surface area contributed by atoms with Crippen LogP contribution in [0, 0.1) is 22.7 Å². The van der Waals surface area contributed by atoms with Crippen LogP contribution in [-0.2, 0) is 9.53 Å². The molecule has 4 rings (SSSR count). The van der Waals surface area contributed by atoms with Crippen LogP contribution in [0.2, 0.25) is 0 Å². The van der Waals surface area contributed by atoms with E-state index in [4.69, 9.17) is 14.6 Å². The van der Waals surface area contributed by atoms with Gasteiger partial charge in [-0.1, -0.05) is 32.9 Å². The molecule has 5 heteroatoms. The summed E-state index contributed by atoms with van der Waals surface area (Å²) in [5, 5.41) is 12.3. The van der Waals surface area contributed by atoms with E-state index in [0.717, 1.165) is 18.8 Å². The van der Waals surface area contributed by atoms with Gasteiger partial charge in [0.05, 0.1) is 12.7 Å². The first-order valence-corrected chi connectivity index (χ1v) is 10.7. The number of carbonyl (C=O) groups excluding carboxylic acids is 1. The number of hydrogen-bond acceptors (Lipinski definition) is 4. The van der Waals surface area contributed by atoms with Crippen molar-refractivity contribution in [2.24, 2.45) is 22.7 Å². The third-order valence-corrected chi connectivity index (χ3v) is 7.70. The molecule has 2 saturated carbocycles. The molecule has 2 aliphatic carbocycles. The second kappa shape index (κ2) is 7.34. The predicted octanol–water partition coefficient (Wildman–Crippen LogP) is 3.47. The van der Waals surface area contributed by atoms with E-state index in [9.17, 15) is 4.79 Å². The number of benzene rings is 1. The van der Waals surface area contributed by atoms with E-state index in [2.05, 4.69) is 31.3 Å². The van der Waals surface area contributed by atoms with Crippen LogP contribution >= 0.6 is 0 Å². The lowest BCUT2D eigenvalue weighted by atomic mass is 9.59. The van der Waals surface area contributed by atoms with Gasteiger partial charge in [-0.3, -0.25) is 4.79 Å². The standard InChI is InChI=1S/C23H33NO4/c1-4-19(26)24-21-22(2,3)16-13-18-20(28-11-9-23(18,21)14-16)15-5-7-17(8-6-15)27-12-10-25/h5-8,16,18,20-21,25H,4,9-14H2,1-3H3,(H,24,26)/t16-,18-,20-,21+,23-/m1/s1. The molecular weight excluding hydrogens is 354 g/mol. The predicted molar refractivity (Wildman–Crippen MR) is 107 cm³/mol. The molecule has 154 valence electrons. The number of rotatable bonds is 6. The maximum absolute atomic E-state index is 12.3. The topological polar surface area (TPSA) is 67.8 Å². The number of carbonyl (C=O) groups is 1. The molecule has 1 saturated heterocycles. The highest BCUT2D eigenvalue weighted by atomic mass is 16.5. The van der Waals surface area contributed by atoms with Crippen LogP contribution in [0.3, 0.4) is 0 Å². The summed E-state index contributed by atoms with van der Waals surface area (Å²) in [6, 6.07) is 8.32. The molecule has 1 aromatic carbocycles. The lowest BCUT2D eigenvalue weighted by molar-refractivity contribution is -0.137. The summed E-state index contributed by atoms with van der Waals surface area (Å²) in [4.78, 5) is 12.3. The highest BCUT2D eigenvalue weighted by Crippen LogP contribution is 2.70. The number of ether oxygens (including phenoxy) is 2. The van der Waals surface area contributed by atoms with Gasteiger partial charge in [-0.2, -0.15) is 0 Å². The Balaban J connectivity index is 1.59. The van der Waals surface area contributed by atoms with Crippen LogP contribution in [0.25, 0.3) is 0 Å². The summed E-state index contributed by atoms with van der Waals surface area (Å²) in [7, 11) is 0. The number of fused-ring (bicyclic) bond motifs is 1. The van der Waals surface area contributed by atoms with Gasteiger partial charge in [0.25, 0.3) is 0 Å². The average molecular weight is 388 g/mol. The molecule has 1 amide bonds. The summed E-state index contributed by atoms with van der Waals surface area (Å²) in [6.45, 7) is 7.66. The second-order valence-electron chi connectivity index (χ2n) is 9.33. The Bertz CT molecular complexity index is 716. The quantitative estimate of drug-likeness (QED) is 0.784. The Kier molecular flexibility index (Phi) is 5.17. The van der Waals surface area contributed by atoms with Crippen molar-refractivity contribution in [3.05, 3.63) is 29.8 Å². The molecule has 28 heavy (non-hydrogen) atoms. The number of amides is 1. The smallest absolute Gasteiger partial charge is 0.219 e. The van der Waals surface area contributed by atoms with Crippen LogP contribution in [0.15, 0.2) is 24.3 Å². The van der Waals surface area contributed by atoms with Crippen LogP contribution in [0.4, 0.5) is 0 Å². The fourth-order valence-corrected chi connectivity index (χ4v) is 6.30. The van der Waals surface area contributed by atoms with E-state index in [1.807, 2.05) is 19.1 Å². The van der Waals surface area contributed by atoms with Crippen molar-refractivity contribution < 1.29 is 19.4 Å². The maximum Gasteiger partial charge on any atom is 0.219 e. The first kappa shape index (κ1) is 19.7. The molecule has 3 aliphatic rings. The van der Waals surface area contributed by atoms with Gasteiger partial charge in [-0.05, 0) is 59.6 Å². The molecule has 5 atom stereocenters. The number of aliphatic hydroxyl groups excluding tert-OH is 1. The molecule has 0 radical (unpaired) electrons. The van der Waals surface area contributed by atoms with E-state index < -0.39 is 0 Å². The monoisotopic (exact) mass is 387 g/mol. The van der Waals surface area contributed by atoms with Crippen LogP contribution in [0.1, 0.15) is 58.1 Å². The van der Waals surface area contributed by atoms with Gasteiger partial charge in [0, 0.05) is 19.1 Å². The Morgan fingerprint density at radius 1 is 1.32 bits per heavy atom. The summed E-state index contributed by atoms with van der Waals surface area (Å²) in [5.41, 5.74) is 1.45. The highest BCUT2D eigenvalue weighted by molar-refractivity contribution is 5.76. The van der Waals surface area contributed by atoms with Crippen molar-refractivity contribution in [1.82, 2.24) is 5.32 Å². The Labute approximate surface area is 167 Å². The molecule has 0 aromatic heterocycles. The van der Waals surface area contributed by atoms with E-state index in [1.54, 1.807) is 0 Å². The Morgan fingerprint density at radius 3 is 2.75 bits per heavy atom. The molecule has 5 nitrogen and oxygen atoms in total. The second-order valence-corrected chi connectivity index (χ2v) is 9.33. The van der Waals surface area contributed by atoms with Gasteiger partial charge in [-0.25, -0.2) is 0 Å². The van der Waals surface area contributed by atoms with E-state index >= 15 is 0 Å². The van der Waals surface area contributed by atoms with Crippen molar-refractivity contribution in [2.45, 2.75) is 58.6 Å². The Morgan fingerprint density at radius 2 is 2.07 bits per heavy atom. The van der Waals surface area contributed by atoms with Crippen molar-refractivity contribution in [3.8, 4) is 5.75 Å². The third-order valence-electron chi connectivity index (χ3n) is 7.70. The minimum absolute atomic E-state index is 0.0140. The largest absolute Gasteiger partial charge is 0.491 e. The molecule has 2 N–H and O–H groups in total. The highest BCUT2D eigenvalue weighted by Gasteiger charge is 2.68. The molecule has 1 aliphatic heterocycles. The molecule has 1 aromatic rings. The van der Waals surface area contributed by atoms with Crippen LogP contribution < -0.4 is 10.1 Å². The van der Waals surface area contributed by atoms with Gasteiger partial charge < -0.3 is 19.9 Å².